The van der Waals surface area contributed by atoms with Crippen molar-refractivity contribution in [2.24, 2.45) is 0 Å². The predicted octanol–water partition coefficient (Wildman–Crippen LogP) is 6.28. The van der Waals surface area contributed by atoms with Gasteiger partial charge >= 0.3 is 18.1 Å². The summed E-state index contributed by atoms with van der Waals surface area (Å²) in [5.74, 6) is 1.50. The van der Waals surface area contributed by atoms with Crippen LogP contribution in [0.2, 0.25) is 0 Å². The number of furan rings is 3. The topological polar surface area (TPSA) is 155 Å². The summed E-state index contributed by atoms with van der Waals surface area (Å²) < 4.78 is 26.2. The van der Waals surface area contributed by atoms with Crippen LogP contribution in [0.15, 0.2) is 62.6 Å². The molecule has 11 nitrogen and oxygen atoms in total. The number of halogens is 1. The molecule has 3 fully saturated rings. The van der Waals surface area contributed by atoms with E-state index in [1.807, 2.05) is 12.1 Å². The Labute approximate surface area is 261 Å². The molecule has 3 aromatic heterocycles. The van der Waals surface area contributed by atoms with E-state index in [1.54, 1.807) is 37.2 Å². The van der Waals surface area contributed by atoms with Gasteiger partial charge in [0.25, 0.3) is 0 Å². The maximum Gasteiger partial charge on any atom is 0.373 e. The van der Waals surface area contributed by atoms with Crippen molar-refractivity contribution in [3.05, 3.63) is 72.0 Å². The molecule has 0 radical (unpaired) electrons. The van der Waals surface area contributed by atoms with Gasteiger partial charge in [-0.25, -0.2) is 9.59 Å². The monoisotopic (exact) mass is 631 g/mol. The minimum absolute atomic E-state index is 0. The van der Waals surface area contributed by atoms with Crippen LogP contribution in [0.25, 0.3) is 0 Å². The lowest BCUT2D eigenvalue weighted by atomic mass is 9.83. The van der Waals surface area contributed by atoms with Crippen LogP contribution in [0.4, 0.5) is 0 Å². The standard InChI is InChI=1S/C11H12O3.C10H11NO3.C6H10O.C4H4O.CO2.ClH/c12-10-8-4-7-13-9(8)11(14-10)5-2-1-3-6-11;12-9-7-1-6-13-8(7)10(14-9)2-4-11-5-3-10;7-6-4-2-1-3-5-6;1-2-4-5-3-1;2-1-3;/h4,7H,1-3,5-6H2;1,6,11H,2-5H2;1-5H2;1-4H;;1H. The van der Waals surface area contributed by atoms with Crippen molar-refractivity contribution in [2.75, 3.05) is 13.1 Å². The molecule has 12 heteroatoms. The average Bonchev–Trinajstić information content (AvgIpc) is 3.86. The summed E-state index contributed by atoms with van der Waals surface area (Å²) in [6.07, 6.45) is 18.8. The Hall–Kier alpha value is -3.92. The van der Waals surface area contributed by atoms with Gasteiger partial charge in [-0.2, -0.15) is 9.59 Å². The Morgan fingerprint density at radius 2 is 1.09 bits per heavy atom. The largest absolute Gasteiger partial charge is 0.473 e. The summed E-state index contributed by atoms with van der Waals surface area (Å²) >= 11 is 0. The number of nitrogens with one attached hydrogen (secondary N) is 1. The lowest BCUT2D eigenvalue weighted by molar-refractivity contribution is -0.191. The normalized spacial score (nSPS) is 19.7. The number of rotatable bonds is 0. The van der Waals surface area contributed by atoms with E-state index in [9.17, 15) is 14.4 Å². The predicted molar refractivity (Wildman–Crippen MR) is 156 cm³/mol. The van der Waals surface area contributed by atoms with Gasteiger partial charge in [0.05, 0.1) is 25.1 Å². The van der Waals surface area contributed by atoms with Gasteiger partial charge in [0.1, 0.15) is 16.9 Å². The molecule has 8 rings (SSSR count). The average molecular weight is 632 g/mol. The molecule has 2 aliphatic carbocycles. The molecule has 3 aliphatic heterocycles. The zero-order valence-corrected chi connectivity index (χ0v) is 25.3. The Morgan fingerprint density at radius 1 is 0.636 bits per heavy atom. The summed E-state index contributed by atoms with van der Waals surface area (Å²) in [7, 11) is 0. The molecule has 2 spiro atoms. The molecule has 0 unspecified atom stereocenters. The number of ether oxygens (including phenoxy) is 2. The molecule has 1 saturated heterocycles. The number of hydrogen-bond acceptors (Lipinski definition) is 11. The third-order valence-electron chi connectivity index (χ3n) is 8.08. The number of piperidine rings is 1. The molecule has 0 bridgehead atoms. The molecule has 0 atom stereocenters. The Morgan fingerprint density at radius 3 is 1.50 bits per heavy atom. The first-order chi connectivity index (χ1) is 20.9. The molecule has 6 heterocycles. The first-order valence-electron chi connectivity index (χ1n) is 14.8. The number of esters is 2. The highest BCUT2D eigenvalue weighted by atomic mass is 35.5. The zero-order chi connectivity index (χ0) is 30.5. The molecule has 0 amide bonds. The quantitative estimate of drug-likeness (QED) is 0.279. The molecule has 0 aromatic carbocycles. The smallest absolute Gasteiger partial charge is 0.373 e. The van der Waals surface area contributed by atoms with Crippen LogP contribution in [0.1, 0.15) is 109 Å². The van der Waals surface area contributed by atoms with Crippen LogP contribution in [0.3, 0.4) is 0 Å². The molecular formula is C32H38ClNO10. The maximum absolute atomic E-state index is 11.5. The van der Waals surface area contributed by atoms with Crippen molar-refractivity contribution >= 4 is 36.3 Å². The summed E-state index contributed by atoms with van der Waals surface area (Å²) in [5, 5.41) is 3.24. The van der Waals surface area contributed by atoms with Gasteiger partial charge in [0.15, 0.2) is 22.7 Å². The Kier molecular flexibility index (Phi) is 13.2. The number of hydrogen-bond donors (Lipinski definition) is 1. The summed E-state index contributed by atoms with van der Waals surface area (Å²) in [5.41, 5.74) is 0.355. The fraction of sp³-hybridized carbons (Fsp3) is 0.500. The van der Waals surface area contributed by atoms with Crippen molar-refractivity contribution in [1.82, 2.24) is 5.32 Å². The Bertz CT molecular complexity index is 1260. The van der Waals surface area contributed by atoms with E-state index in [1.165, 1.54) is 12.8 Å². The minimum atomic E-state index is -0.471. The van der Waals surface area contributed by atoms with Gasteiger partial charge in [0, 0.05) is 25.7 Å². The lowest BCUT2D eigenvalue weighted by Gasteiger charge is -2.31. The number of carbonyl (C=O) groups is 3. The highest BCUT2D eigenvalue weighted by Gasteiger charge is 2.50. The van der Waals surface area contributed by atoms with Crippen LogP contribution < -0.4 is 5.32 Å². The number of carbonyl (C=O) groups excluding carboxylic acids is 5. The number of Topliss-reactive ketones (excluding diaryl/α,β-unsaturated/α-hetero) is 1. The van der Waals surface area contributed by atoms with E-state index in [0.29, 0.717) is 16.9 Å². The van der Waals surface area contributed by atoms with Crippen molar-refractivity contribution in [3.8, 4) is 0 Å². The fourth-order valence-electron chi connectivity index (χ4n) is 5.99. The molecule has 238 valence electrons. The summed E-state index contributed by atoms with van der Waals surface area (Å²) in [6, 6.07) is 7.06. The van der Waals surface area contributed by atoms with E-state index >= 15 is 0 Å². The summed E-state index contributed by atoms with van der Waals surface area (Å²) in [4.78, 5) is 49.7. The Balaban J connectivity index is 0.000000165. The SMILES string of the molecule is Cl.O=C1CCCCC1.O=C1OC2(CCCCC2)c2occc21.O=C1OC2(CCNCC2)c2occc21.O=C=O.c1ccoc1. The van der Waals surface area contributed by atoms with E-state index in [2.05, 4.69) is 9.73 Å². The van der Waals surface area contributed by atoms with Gasteiger partial charge in [-0.3, -0.25) is 4.79 Å². The van der Waals surface area contributed by atoms with Crippen molar-refractivity contribution in [1.29, 1.82) is 0 Å². The molecule has 1 N–H and O–H groups in total. The van der Waals surface area contributed by atoms with Gasteiger partial charge in [-0.1, -0.05) is 12.8 Å². The maximum atomic E-state index is 11.5. The van der Waals surface area contributed by atoms with Crippen LogP contribution in [-0.4, -0.2) is 37.0 Å². The second-order valence-corrected chi connectivity index (χ2v) is 10.9. The molecule has 2 saturated carbocycles. The third-order valence-corrected chi connectivity index (χ3v) is 8.08. The highest BCUT2D eigenvalue weighted by Crippen LogP contribution is 2.47. The minimum Gasteiger partial charge on any atom is -0.473 e. The van der Waals surface area contributed by atoms with Crippen molar-refractivity contribution in [2.45, 2.75) is 88.3 Å². The lowest BCUT2D eigenvalue weighted by Crippen LogP contribution is -2.39. The second kappa shape index (κ2) is 16.8. The van der Waals surface area contributed by atoms with Gasteiger partial charge in [0.2, 0.25) is 0 Å². The van der Waals surface area contributed by atoms with E-state index in [-0.39, 0.29) is 30.5 Å². The van der Waals surface area contributed by atoms with Crippen LogP contribution in [0, 0.1) is 0 Å². The molecule has 5 aliphatic rings. The number of fused-ring (bicyclic) bond motifs is 4. The first kappa shape index (κ1) is 34.6. The number of ketones is 1. The summed E-state index contributed by atoms with van der Waals surface area (Å²) in [6.45, 7) is 1.74. The first-order valence-corrected chi connectivity index (χ1v) is 14.8. The van der Waals surface area contributed by atoms with Crippen molar-refractivity contribution in [3.63, 3.8) is 0 Å². The van der Waals surface area contributed by atoms with Gasteiger partial charge < -0.3 is 28.0 Å². The van der Waals surface area contributed by atoms with Crippen molar-refractivity contribution < 1.29 is 46.7 Å². The third kappa shape index (κ3) is 8.37. The molecule has 3 aromatic rings. The van der Waals surface area contributed by atoms with E-state index in [4.69, 9.17) is 27.9 Å². The van der Waals surface area contributed by atoms with Crippen LogP contribution in [-0.2, 0) is 35.1 Å². The molecular weight excluding hydrogens is 594 g/mol. The van der Waals surface area contributed by atoms with Gasteiger partial charge in [-0.15, -0.1) is 12.4 Å². The van der Waals surface area contributed by atoms with E-state index in [0.717, 1.165) is 88.8 Å². The van der Waals surface area contributed by atoms with Gasteiger partial charge in [-0.05, 0) is 75.9 Å². The van der Waals surface area contributed by atoms with Crippen LogP contribution in [0.5, 0.6) is 0 Å². The van der Waals surface area contributed by atoms with Crippen LogP contribution >= 0.6 is 12.4 Å². The zero-order valence-electron chi connectivity index (χ0n) is 24.5. The molecule has 44 heavy (non-hydrogen) atoms. The highest BCUT2D eigenvalue weighted by molar-refractivity contribution is 5.94. The van der Waals surface area contributed by atoms with E-state index < -0.39 is 11.2 Å². The fourth-order valence-corrected chi connectivity index (χ4v) is 5.99. The second-order valence-electron chi connectivity index (χ2n) is 10.9.